The summed E-state index contributed by atoms with van der Waals surface area (Å²) in [5.41, 5.74) is 0.892. The van der Waals surface area contributed by atoms with E-state index in [2.05, 4.69) is 0 Å². The number of ether oxygens (including phenoxy) is 2. The molecule has 0 aliphatic rings. The van der Waals surface area contributed by atoms with Crippen LogP contribution in [-0.2, 0) is 14.3 Å². The van der Waals surface area contributed by atoms with Gasteiger partial charge in [0.25, 0.3) is 0 Å². The molecule has 0 radical (unpaired) electrons. The highest BCUT2D eigenvalue weighted by Crippen LogP contribution is 2.20. The summed E-state index contributed by atoms with van der Waals surface area (Å²) in [6, 6.07) is 9.57. The van der Waals surface area contributed by atoms with Crippen molar-refractivity contribution in [2.45, 2.75) is 19.4 Å². The summed E-state index contributed by atoms with van der Waals surface area (Å²) >= 11 is 1.66. The van der Waals surface area contributed by atoms with Crippen molar-refractivity contribution < 1.29 is 14.3 Å². The first-order valence-corrected chi connectivity index (χ1v) is 7.45. The van der Waals surface area contributed by atoms with E-state index in [1.54, 1.807) is 11.8 Å². The van der Waals surface area contributed by atoms with Crippen molar-refractivity contribution in [3.63, 3.8) is 0 Å². The lowest BCUT2D eigenvalue weighted by atomic mass is 10.0. The summed E-state index contributed by atoms with van der Waals surface area (Å²) in [4.78, 5) is 12.1. The summed E-state index contributed by atoms with van der Waals surface area (Å²) in [7, 11) is 0. The van der Waals surface area contributed by atoms with Gasteiger partial charge in [-0.25, -0.2) is 0 Å². The monoisotopic (exact) mass is 268 g/mol. The van der Waals surface area contributed by atoms with Crippen LogP contribution in [0.2, 0.25) is 0 Å². The van der Waals surface area contributed by atoms with Crippen molar-refractivity contribution in [1.29, 1.82) is 0 Å². The van der Waals surface area contributed by atoms with E-state index in [1.807, 2.05) is 43.5 Å². The van der Waals surface area contributed by atoms with Gasteiger partial charge in [0.2, 0.25) is 0 Å². The quantitative estimate of drug-likeness (QED) is 0.509. The van der Waals surface area contributed by atoms with Gasteiger partial charge in [0, 0.05) is 18.8 Å². The van der Waals surface area contributed by atoms with E-state index < -0.39 is 6.10 Å². The number of benzene rings is 1. The Morgan fingerprint density at radius 3 is 2.67 bits per heavy atom. The van der Waals surface area contributed by atoms with Crippen molar-refractivity contribution in [1.82, 2.24) is 0 Å². The predicted octanol–water partition coefficient (Wildman–Crippen LogP) is 3.06. The van der Waals surface area contributed by atoms with E-state index in [-0.39, 0.29) is 12.6 Å². The average molecular weight is 268 g/mol. The summed E-state index contributed by atoms with van der Waals surface area (Å²) in [6.07, 6.45) is 2.00. The molecule has 0 N–H and O–H groups in total. The van der Waals surface area contributed by atoms with Crippen LogP contribution in [-0.4, -0.2) is 31.2 Å². The lowest BCUT2D eigenvalue weighted by Crippen LogP contribution is -2.18. The van der Waals surface area contributed by atoms with Gasteiger partial charge in [0.15, 0.2) is 5.78 Å². The van der Waals surface area contributed by atoms with Crippen LogP contribution in [0.25, 0.3) is 0 Å². The standard InChI is InChI=1S/C14H20O3S/c1-3-16-11-17-14(13(15)9-10-18-2)12-7-5-4-6-8-12/h4-8,14H,3,9-11H2,1-2H3. The normalized spacial score (nSPS) is 12.3. The number of thioether (sulfide) groups is 1. The Labute approximate surface area is 113 Å². The van der Waals surface area contributed by atoms with E-state index >= 15 is 0 Å². The molecule has 100 valence electrons. The second-order valence-corrected chi connectivity index (χ2v) is 4.76. The summed E-state index contributed by atoms with van der Waals surface area (Å²) in [5, 5.41) is 0. The van der Waals surface area contributed by atoms with Crippen molar-refractivity contribution in [3.8, 4) is 0 Å². The number of Topliss-reactive ketones (excluding diaryl/α,β-unsaturated/α-hetero) is 1. The van der Waals surface area contributed by atoms with Crippen molar-refractivity contribution in [3.05, 3.63) is 35.9 Å². The zero-order chi connectivity index (χ0) is 13.2. The third kappa shape index (κ3) is 5.21. The molecule has 0 saturated heterocycles. The highest BCUT2D eigenvalue weighted by molar-refractivity contribution is 7.98. The van der Waals surface area contributed by atoms with Gasteiger partial charge in [0.1, 0.15) is 12.9 Å². The topological polar surface area (TPSA) is 35.5 Å². The minimum Gasteiger partial charge on any atom is -0.356 e. The zero-order valence-corrected chi connectivity index (χ0v) is 11.7. The highest BCUT2D eigenvalue weighted by atomic mass is 32.2. The van der Waals surface area contributed by atoms with Crippen molar-refractivity contribution in [2.75, 3.05) is 25.4 Å². The van der Waals surface area contributed by atoms with E-state index in [1.165, 1.54) is 0 Å². The fourth-order valence-electron chi connectivity index (χ4n) is 1.54. The summed E-state index contributed by atoms with van der Waals surface area (Å²) < 4.78 is 10.7. The van der Waals surface area contributed by atoms with E-state index in [0.29, 0.717) is 13.0 Å². The molecule has 0 fully saturated rings. The first-order valence-electron chi connectivity index (χ1n) is 6.05. The molecule has 0 spiro atoms. The molecule has 18 heavy (non-hydrogen) atoms. The van der Waals surface area contributed by atoms with Crippen LogP contribution in [0.15, 0.2) is 30.3 Å². The molecule has 0 amide bonds. The molecule has 4 heteroatoms. The number of ketones is 1. The Balaban J connectivity index is 2.65. The molecule has 0 saturated carbocycles. The minimum atomic E-state index is -0.509. The first kappa shape index (κ1) is 15.2. The maximum absolute atomic E-state index is 12.1. The lowest BCUT2D eigenvalue weighted by molar-refractivity contribution is -0.142. The number of rotatable bonds is 9. The largest absolute Gasteiger partial charge is 0.356 e. The van der Waals surface area contributed by atoms with E-state index in [4.69, 9.17) is 9.47 Å². The third-order valence-corrected chi connectivity index (χ3v) is 3.08. The van der Waals surface area contributed by atoms with Gasteiger partial charge in [-0.3, -0.25) is 4.79 Å². The molecule has 3 nitrogen and oxygen atoms in total. The molecule has 1 aromatic carbocycles. The molecule has 0 aliphatic carbocycles. The minimum absolute atomic E-state index is 0.107. The van der Waals surface area contributed by atoms with Gasteiger partial charge in [-0.2, -0.15) is 11.8 Å². The SMILES string of the molecule is CCOCOC(C(=O)CCSC)c1ccccc1. The average Bonchev–Trinajstić information content (AvgIpc) is 2.42. The van der Waals surface area contributed by atoms with Crippen LogP contribution in [0.3, 0.4) is 0 Å². The Hall–Kier alpha value is -0.840. The van der Waals surface area contributed by atoms with Crippen molar-refractivity contribution >= 4 is 17.5 Å². The molecular weight excluding hydrogens is 248 g/mol. The Morgan fingerprint density at radius 2 is 2.06 bits per heavy atom. The van der Waals surface area contributed by atoms with Gasteiger partial charge in [-0.1, -0.05) is 30.3 Å². The molecule has 0 aromatic heterocycles. The van der Waals surface area contributed by atoms with Crippen LogP contribution in [0.4, 0.5) is 0 Å². The van der Waals surface area contributed by atoms with Gasteiger partial charge >= 0.3 is 0 Å². The Bertz CT molecular complexity index is 340. The van der Waals surface area contributed by atoms with Crippen LogP contribution in [0.1, 0.15) is 25.0 Å². The number of carbonyl (C=O) groups is 1. The highest BCUT2D eigenvalue weighted by Gasteiger charge is 2.20. The first-order chi connectivity index (χ1) is 8.79. The van der Waals surface area contributed by atoms with Crippen molar-refractivity contribution in [2.24, 2.45) is 0 Å². The number of carbonyl (C=O) groups excluding carboxylic acids is 1. The fraction of sp³-hybridized carbons (Fsp3) is 0.500. The molecule has 0 aliphatic heterocycles. The molecule has 1 unspecified atom stereocenters. The summed E-state index contributed by atoms with van der Waals surface area (Å²) in [6.45, 7) is 2.64. The zero-order valence-electron chi connectivity index (χ0n) is 10.9. The molecule has 1 rings (SSSR count). The lowest BCUT2D eigenvalue weighted by Gasteiger charge is -2.17. The Kier molecular flexibility index (Phi) is 7.73. The van der Waals surface area contributed by atoms with Crippen LogP contribution >= 0.6 is 11.8 Å². The van der Waals surface area contributed by atoms with Crippen LogP contribution in [0, 0.1) is 0 Å². The third-order valence-electron chi connectivity index (χ3n) is 2.47. The van der Waals surface area contributed by atoms with Gasteiger partial charge in [-0.05, 0) is 18.7 Å². The molecular formula is C14H20O3S. The Morgan fingerprint density at radius 1 is 1.33 bits per heavy atom. The molecule has 1 aromatic rings. The van der Waals surface area contributed by atoms with Gasteiger partial charge in [0.05, 0.1) is 0 Å². The number of hydrogen-bond acceptors (Lipinski definition) is 4. The second kappa shape index (κ2) is 9.14. The van der Waals surface area contributed by atoms with E-state index in [9.17, 15) is 4.79 Å². The number of hydrogen-bond donors (Lipinski definition) is 0. The fourth-order valence-corrected chi connectivity index (χ4v) is 1.94. The molecule has 0 heterocycles. The summed E-state index contributed by atoms with van der Waals surface area (Å²) in [5.74, 6) is 0.926. The molecule has 1 atom stereocenters. The van der Waals surface area contributed by atoms with Crippen LogP contribution in [0.5, 0.6) is 0 Å². The van der Waals surface area contributed by atoms with E-state index in [0.717, 1.165) is 11.3 Å². The van der Waals surface area contributed by atoms with Gasteiger partial charge in [-0.15, -0.1) is 0 Å². The second-order valence-electron chi connectivity index (χ2n) is 3.78. The smallest absolute Gasteiger partial charge is 0.167 e. The van der Waals surface area contributed by atoms with Gasteiger partial charge < -0.3 is 9.47 Å². The molecule has 0 bridgehead atoms. The predicted molar refractivity (Wildman–Crippen MR) is 74.8 cm³/mol. The van der Waals surface area contributed by atoms with Crippen LogP contribution < -0.4 is 0 Å². The maximum atomic E-state index is 12.1. The maximum Gasteiger partial charge on any atom is 0.167 e.